The summed E-state index contributed by atoms with van der Waals surface area (Å²) in [5.41, 5.74) is 3.01. The van der Waals surface area contributed by atoms with Gasteiger partial charge in [0.15, 0.2) is 0 Å². The highest BCUT2D eigenvalue weighted by molar-refractivity contribution is 5.96. The molecule has 0 aliphatic heterocycles. The number of non-ortho nitro benzene ring substituents is 1. The Morgan fingerprint density at radius 3 is 2.54 bits per heavy atom. The number of nitrogens with one attached hydrogen (secondary N) is 1. The summed E-state index contributed by atoms with van der Waals surface area (Å²) in [6.45, 7) is 1.71. The first-order chi connectivity index (χ1) is 12.5. The molecule has 0 bridgehead atoms. The first-order valence-corrected chi connectivity index (χ1v) is 7.85. The molecule has 26 heavy (non-hydrogen) atoms. The Morgan fingerprint density at radius 2 is 1.88 bits per heavy atom. The van der Waals surface area contributed by atoms with Crippen molar-refractivity contribution >= 4 is 28.4 Å². The fraction of sp³-hybridized carbons (Fsp3) is 0.167. The van der Waals surface area contributed by atoms with E-state index in [1.165, 1.54) is 18.2 Å². The topological polar surface area (TPSA) is 107 Å². The minimum absolute atomic E-state index is 0.0751. The number of nitro benzene ring substituents is 1. The van der Waals surface area contributed by atoms with Crippen molar-refractivity contribution < 1.29 is 14.5 Å². The number of hydrogen-bond acceptors (Lipinski definition) is 7. The van der Waals surface area contributed by atoms with Gasteiger partial charge in [0.1, 0.15) is 6.61 Å². The number of hydrogen-bond donors (Lipinski definition) is 1. The molecule has 1 aromatic heterocycles. The Hall–Kier alpha value is -3.55. The lowest BCUT2D eigenvalue weighted by Crippen LogP contribution is -2.11. The molecule has 0 saturated heterocycles. The molecule has 0 aliphatic rings. The average molecular weight is 352 g/mol. The SMILES string of the molecule is CNc1ccc([N+](=O)[O-])cc1C(=O)OCc1nc2ccccc2nc1C. The van der Waals surface area contributed by atoms with Crippen molar-refractivity contribution in [3.05, 3.63) is 69.5 Å². The van der Waals surface area contributed by atoms with E-state index in [2.05, 4.69) is 15.3 Å². The number of esters is 1. The Balaban J connectivity index is 1.84. The molecule has 0 radical (unpaired) electrons. The minimum atomic E-state index is -0.674. The van der Waals surface area contributed by atoms with E-state index in [0.717, 1.165) is 5.52 Å². The highest BCUT2D eigenvalue weighted by Crippen LogP contribution is 2.23. The molecule has 0 aliphatic carbocycles. The van der Waals surface area contributed by atoms with Gasteiger partial charge in [0.2, 0.25) is 0 Å². The number of rotatable bonds is 5. The smallest absolute Gasteiger partial charge is 0.340 e. The van der Waals surface area contributed by atoms with Crippen LogP contribution in [0.1, 0.15) is 21.7 Å². The number of aromatic nitrogens is 2. The molecule has 0 fully saturated rings. The van der Waals surface area contributed by atoms with Crippen LogP contribution in [0.5, 0.6) is 0 Å². The van der Waals surface area contributed by atoms with Crippen LogP contribution in [0.2, 0.25) is 0 Å². The third kappa shape index (κ3) is 3.44. The van der Waals surface area contributed by atoms with Crippen molar-refractivity contribution in [3.63, 3.8) is 0 Å². The highest BCUT2D eigenvalue weighted by Gasteiger charge is 2.18. The Kier molecular flexibility index (Phi) is 4.74. The zero-order valence-electron chi connectivity index (χ0n) is 14.2. The van der Waals surface area contributed by atoms with Crippen molar-refractivity contribution in [3.8, 4) is 0 Å². The van der Waals surface area contributed by atoms with E-state index in [0.29, 0.717) is 22.6 Å². The van der Waals surface area contributed by atoms with Crippen molar-refractivity contribution in [1.29, 1.82) is 0 Å². The molecule has 132 valence electrons. The van der Waals surface area contributed by atoms with Gasteiger partial charge in [-0.15, -0.1) is 0 Å². The van der Waals surface area contributed by atoms with Gasteiger partial charge >= 0.3 is 5.97 Å². The monoisotopic (exact) mass is 352 g/mol. The Bertz CT molecular complexity index is 1000. The lowest BCUT2D eigenvalue weighted by molar-refractivity contribution is -0.384. The molecule has 2 aromatic carbocycles. The summed E-state index contributed by atoms with van der Waals surface area (Å²) in [4.78, 5) is 31.7. The maximum absolute atomic E-state index is 12.4. The second-order valence-electron chi connectivity index (χ2n) is 5.56. The van der Waals surface area contributed by atoms with Gasteiger partial charge in [-0.3, -0.25) is 10.1 Å². The second-order valence-corrected chi connectivity index (χ2v) is 5.56. The zero-order chi connectivity index (χ0) is 18.7. The van der Waals surface area contributed by atoms with Gasteiger partial charge in [-0.05, 0) is 25.1 Å². The maximum Gasteiger partial charge on any atom is 0.340 e. The summed E-state index contributed by atoms with van der Waals surface area (Å²) in [5.74, 6) is -0.674. The molecule has 0 spiro atoms. The molecule has 0 unspecified atom stereocenters. The molecule has 8 nitrogen and oxygen atoms in total. The summed E-state index contributed by atoms with van der Waals surface area (Å²) in [5, 5.41) is 13.8. The first-order valence-electron chi connectivity index (χ1n) is 7.85. The number of carbonyl (C=O) groups is 1. The summed E-state index contributed by atoms with van der Waals surface area (Å²) in [6, 6.07) is 11.4. The van der Waals surface area contributed by atoms with Gasteiger partial charge in [-0.2, -0.15) is 0 Å². The molecule has 0 saturated carbocycles. The number of nitrogens with zero attached hydrogens (tertiary/aromatic N) is 3. The predicted octanol–water partition coefficient (Wildman–Crippen LogP) is 3.25. The van der Waals surface area contributed by atoms with Gasteiger partial charge in [0.25, 0.3) is 5.69 Å². The third-order valence-corrected chi connectivity index (χ3v) is 3.89. The third-order valence-electron chi connectivity index (χ3n) is 3.89. The number of aryl methyl sites for hydroxylation is 1. The largest absolute Gasteiger partial charge is 0.455 e. The lowest BCUT2D eigenvalue weighted by Gasteiger charge is -2.10. The molecular weight excluding hydrogens is 336 g/mol. The molecular formula is C18H16N4O4. The van der Waals surface area contributed by atoms with Crippen LogP contribution < -0.4 is 5.32 Å². The molecule has 1 heterocycles. The van der Waals surface area contributed by atoms with Gasteiger partial charge in [-0.25, -0.2) is 14.8 Å². The van der Waals surface area contributed by atoms with Crippen LogP contribution in [0.15, 0.2) is 42.5 Å². The van der Waals surface area contributed by atoms with E-state index in [9.17, 15) is 14.9 Å². The molecule has 3 rings (SSSR count). The summed E-state index contributed by atoms with van der Waals surface area (Å²) in [6.07, 6.45) is 0. The number of ether oxygens (including phenoxy) is 1. The van der Waals surface area contributed by atoms with Crippen molar-refractivity contribution in [1.82, 2.24) is 9.97 Å². The first kappa shape index (κ1) is 17.3. The lowest BCUT2D eigenvalue weighted by atomic mass is 10.1. The number of benzene rings is 2. The normalized spacial score (nSPS) is 10.5. The standard InChI is InChI=1S/C18H16N4O4/c1-11-17(21-16-6-4-3-5-15(16)20-11)10-26-18(23)13-9-12(22(24)25)7-8-14(13)19-2/h3-9,19H,10H2,1-2H3. The van der Waals surface area contributed by atoms with E-state index in [-0.39, 0.29) is 17.9 Å². The Labute approximate surface area is 149 Å². The predicted molar refractivity (Wildman–Crippen MR) is 96.0 cm³/mol. The number of anilines is 1. The van der Waals surface area contributed by atoms with Crippen LogP contribution in [0.4, 0.5) is 11.4 Å². The molecule has 0 amide bonds. The van der Waals surface area contributed by atoms with E-state index in [1.54, 1.807) is 14.0 Å². The fourth-order valence-corrected chi connectivity index (χ4v) is 2.51. The zero-order valence-corrected chi connectivity index (χ0v) is 14.2. The minimum Gasteiger partial charge on any atom is -0.455 e. The number of fused-ring (bicyclic) bond motifs is 1. The maximum atomic E-state index is 12.4. The van der Waals surface area contributed by atoms with Crippen LogP contribution in [0.3, 0.4) is 0 Å². The fourth-order valence-electron chi connectivity index (χ4n) is 2.51. The van der Waals surface area contributed by atoms with E-state index in [1.807, 2.05) is 24.3 Å². The summed E-state index contributed by atoms with van der Waals surface area (Å²) < 4.78 is 5.32. The number of nitro groups is 1. The highest BCUT2D eigenvalue weighted by atomic mass is 16.6. The average Bonchev–Trinajstić information content (AvgIpc) is 2.65. The van der Waals surface area contributed by atoms with Crippen molar-refractivity contribution in [2.45, 2.75) is 13.5 Å². The van der Waals surface area contributed by atoms with Crippen molar-refractivity contribution in [2.24, 2.45) is 0 Å². The van der Waals surface area contributed by atoms with E-state index >= 15 is 0 Å². The second kappa shape index (κ2) is 7.14. The van der Waals surface area contributed by atoms with E-state index in [4.69, 9.17) is 4.74 Å². The molecule has 8 heteroatoms. The van der Waals surface area contributed by atoms with Crippen molar-refractivity contribution in [2.75, 3.05) is 12.4 Å². The Morgan fingerprint density at radius 1 is 1.19 bits per heavy atom. The van der Waals surface area contributed by atoms with Gasteiger partial charge in [0, 0.05) is 24.9 Å². The van der Waals surface area contributed by atoms with E-state index < -0.39 is 10.9 Å². The van der Waals surface area contributed by atoms with Gasteiger partial charge < -0.3 is 10.1 Å². The number of para-hydroxylation sites is 2. The van der Waals surface area contributed by atoms with Crippen LogP contribution in [-0.4, -0.2) is 27.9 Å². The quantitative estimate of drug-likeness (QED) is 0.426. The van der Waals surface area contributed by atoms with Crippen LogP contribution >= 0.6 is 0 Å². The van der Waals surface area contributed by atoms with Gasteiger partial charge in [0.05, 0.1) is 32.9 Å². The number of carbonyl (C=O) groups excluding carboxylic acids is 1. The molecule has 0 atom stereocenters. The van der Waals surface area contributed by atoms with Crippen LogP contribution in [0.25, 0.3) is 11.0 Å². The summed E-state index contributed by atoms with van der Waals surface area (Å²) >= 11 is 0. The molecule has 3 aromatic rings. The van der Waals surface area contributed by atoms with Crippen LogP contribution in [0, 0.1) is 17.0 Å². The van der Waals surface area contributed by atoms with Crippen LogP contribution in [-0.2, 0) is 11.3 Å². The van der Waals surface area contributed by atoms with Gasteiger partial charge in [-0.1, -0.05) is 12.1 Å². The summed E-state index contributed by atoms with van der Waals surface area (Å²) in [7, 11) is 1.62. The molecule has 1 N–H and O–H groups in total.